The molecule has 0 saturated carbocycles. The maximum Gasteiger partial charge on any atom is 0.132 e. The van der Waals surface area contributed by atoms with Gasteiger partial charge in [-0.15, -0.1) is 11.8 Å². The summed E-state index contributed by atoms with van der Waals surface area (Å²) in [5.41, 5.74) is 3.24. The third-order valence-corrected chi connectivity index (χ3v) is 4.77. The molecule has 0 fully saturated rings. The van der Waals surface area contributed by atoms with Gasteiger partial charge in [0.1, 0.15) is 11.8 Å². The van der Waals surface area contributed by atoms with Gasteiger partial charge in [0.2, 0.25) is 0 Å². The number of hydrogen-bond donors (Lipinski definition) is 0. The number of nitrogens with zero attached hydrogens (tertiary/aromatic N) is 3. The van der Waals surface area contributed by atoms with Crippen LogP contribution in [0.25, 0.3) is 5.69 Å². The maximum absolute atomic E-state index is 9.52. The second kappa shape index (κ2) is 7.24. The normalized spacial score (nSPS) is 10.4. The summed E-state index contributed by atoms with van der Waals surface area (Å²) in [5, 5.41) is 14.1. The van der Waals surface area contributed by atoms with Crippen molar-refractivity contribution >= 4 is 11.8 Å². The van der Waals surface area contributed by atoms with Crippen molar-refractivity contribution in [2.45, 2.75) is 17.6 Å². The fourth-order valence-corrected chi connectivity index (χ4v) is 3.55. The Morgan fingerprint density at radius 3 is 2.54 bits per heavy atom. The molecule has 5 heteroatoms. The van der Waals surface area contributed by atoms with Crippen LogP contribution in [-0.2, 0) is 5.75 Å². The fraction of sp³-hybridized carbons (Fsp3) is 0.158. The Kier molecular flexibility index (Phi) is 4.88. The largest absolute Gasteiger partial charge is 0.496 e. The van der Waals surface area contributed by atoms with Crippen LogP contribution in [0.2, 0.25) is 0 Å². The lowest BCUT2D eigenvalue weighted by molar-refractivity contribution is 0.405. The van der Waals surface area contributed by atoms with Gasteiger partial charge >= 0.3 is 0 Å². The Morgan fingerprint density at radius 1 is 1.12 bits per heavy atom. The highest BCUT2D eigenvalue weighted by Gasteiger charge is 2.17. The highest BCUT2D eigenvalue weighted by molar-refractivity contribution is 7.98. The van der Waals surface area contributed by atoms with Crippen molar-refractivity contribution in [3.05, 3.63) is 71.5 Å². The van der Waals surface area contributed by atoms with E-state index in [0.29, 0.717) is 11.3 Å². The average Bonchev–Trinajstić information content (AvgIpc) is 2.96. The molecular formula is C19H17N3OS. The van der Waals surface area contributed by atoms with Gasteiger partial charge in [-0.05, 0) is 31.2 Å². The first-order valence-corrected chi connectivity index (χ1v) is 8.53. The summed E-state index contributed by atoms with van der Waals surface area (Å²) in [5.74, 6) is 1.47. The van der Waals surface area contributed by atoms with E-state index in [-0.39, 0.29) is 0 Å². The molecule has 3 aromatic rings. The lowest BCUT2D eigenvalue weighted by Crippen LogP contribution is -2.02. The van der Waals surface area contributed by atoms with Crippen LogP contribution in [0.3, 0.4) is 0 Å². The van der Waals surface area contributed by atoms with E-state index >= 15 is 0 Å². The van der Waals surface area contributed by atoms with Gasteiger partial charge in [0.25, 0.3) is 0 Å². The molecule has 0 saturated heterocycles. The standard InChI is InChI=1S/C19H17N3OS/c1-14-16(12-20)17(22(21-14)15-8-4-3-5-9-15)13-24-19-11-7-6-10-18(19)23-2/h3-11H,13H2,1-2H3. The predicted octanol–water partition coefficient (Wildman–Crippen LogP) is 4.35. The van der Waals surface area contributed by atoms with Gasteiger partial charge in [-0.25, -0.2) is 4.68 Å². The van der Waals surface area contributed by atoms with Crippen LogP contribution in [-0.4, -0.2) is 16.9 Å². The van der Waals surface area contributed by atoms with Crippen molar-refractivity contribution < 1.29 is 4.74 Å². The molecule has 120 valence electrons. The van der Waals surface area contributed by atoms with Gasteiger partial charge in [0.15, 0.2) is 0 Å². The predicted molar refractivity (Wildman–Crippen MR) is 95.6 cm³/mol. The van der Waals surface area contributed by atoms with Crippen LogP contribution in [0.4, 0.5) is 0 Å². The van der Waals surface area contributed by atoms with E-state index in [1.165, 1.54) is 0 Å². The first kappa shape index (κ1) is 16.2. The quantitative estimate of drug-likeness (QED) is 0.650. The van der Waals surface area contributed by atoms with Crippen molar-refractivity contribution in [3.8, 4) is 17.5 Å². The number of nitriles is 1. The molecule has 0 N–H and O–H groups in total. The zero-order valence-corrected chi connectivity index (χ0v) is 14.4. The highest BCUT2D eigenvalue weighted by Crippen LogP contribution is 2.33. The number of benzene rings is 2. The van der Waals surface area contributed by atoms with Crippen molar-refractivity contribution in [3.63, 3.8) is 0 Å². The van der Waals surface area contributed by atoms with Gasteiger partial charge in [0, 0.05) is 10.6 Å². The topological polar surface area (TPSA) is 50.8 Å². The van der Waals surface area contributed by atoms with E-state index in [9.17, 15) is 5.26 Å². The summed E-state index contributed by atoms with van der Waals surface area (Å²) in [6.45, 7) is 1.87. The minimum absolute atomic E-state index is 0.638. The van der Waals surface area contributed by atoms with Crippen LogP contribution < -0.4 is 4.74 Å². The molecule has 0 amide bonds. The zero-order chi connectivity index (χ0) is 16.9. The monoisotopic (exact) mass is 335 g/mol. The lowest BCUT2D eigenvalue weighted by Gasteiger charge is -2.10. The summed E-state index contributed by atoms with van der Waals surface area (Å²) in [7, 11) is 1.67. The molecule has 0 aliphatic heterocycles. The summed E-state index contributed by atoms with van der Waals surface area (Å²) in [4.78, 5) is 1.04. The first-order valence-electron chi connectivity index (χ1n) is 7.54. The Morgan fingerprint density at radius 2 is 1.83 bits per heavy atom. The minimum Gasteiger partial charge on any atom is -0.496 e. The van der Waals surface area contributed by atoms with Crippen molar-refractivity contribution in [2.24, 2.45) is 0 Å². The van der Waals surface area contributed by atoms with Gasteiger partial charge in [0.05, 0.1) is 29.7 Å². The van der Waals surface area contributed by atoms with Crippen LogP contribution in [0, 0.1) is 18.3 Å². The van der Waals surface area contributed by atoms with E-state index in [2.05, 4.69) is 11.2 Å². The molecule has 4 nitrogen and oxygen atoms in total. The Hall–Kier alpha value is -2.71. The molecule has 1 aromatic heterocycles. The van der Waals surface area contributed by atoms with Crippen molar-refractivity contribution in [1.82, 2.24) is 9.78 Å². The molecular weight excluding hydrogens is 318 g/mol. The number of aryl methyl sites for hydroxylation is 1. The van der Waals surface area contributed by atoms with Crippen LogP contribution >= 0.6 is 11.8 Å². The first-order chi connectivity index (χ1) is 11.7. The van der Waals surface area contributed by atoms with E-state index < -0.39 is 0 Å². The molecule has 0 aliphatic rings. The average molecular weight is 335 g/mol. The molecule has 3 rings (SSSR count). The van der Waals surface area contributed by atoms with E-state index in [1.54, 1.807) is 18.9 Å². The number of para-hydroxylation sites is 2. The molecule has 0 unspecified atom stereocenters. The number of thioether (sulfide) groups is 1. The van der Waals surface area contributed by atoms with E-state index in [1.807, 2.05) is 66.2 Å². The third kappa shape index (κ3) is 3.15. The second-order valence-electron chi connectivity index (χ2n) is 5.21. The van der Waals surface area contributed by atoms with Gasteiger partial charge in [-0.3, -0.25) is 0 Å². The van der Waals surface area contributed by atoms with Crippen molar-refractivity contribution in [2.75, 3.05) is 7.11 Å². The maximum atomic E-state index is 9.52. The second-order valence-corrected chi connectivity index (χ2v) is 6.22. The number of ether oxygens (including phenoxy) is 1. The smallest absolute Gasteiger partial charge is 0.132 e. The molecule has 0 atom stereocenters. The molecule has 0 spiro atoms. The van der Waals surface area contributed by atoms with Gasteiger partial charge in [-0.1, -0.05) is 30.3 Å². The molecule has 0 radical (unpaired) electrons. The summed E-state index contributed by atoms with van der Waals surface area (Å²) < 4.78 is 7.26. The van der Waals surface area contributed by atoms with Crippen LogP contribution in [0.5, 0.6) is 5.75 Å². The van der Waals surface area contributed by atoms with Gasteiger partial charge < -0.3 is 4.74 Å². The van der Waals surface area contributed by atoms with Crippen LogP contribution in [0.15, 0.2) is 59.5 Å². The summed E-state index contributed by atoms with van der Waals surface area (Å²) >= 11 is 1.64. The number of hydrogen-bond acceptors (Lipinski definition) is 4. The summed E-state index contributed by atoms with van der Waals surface area (Å²) in [6, 6.07) is 20.1. The Bertz CT molecular complexity index is 881. The molecule has 1 heterocycles. The van der Waals surface area contributed by atoms with E-state index in [0.717, 1.165) is 27.7 Å². The zero-order valence-electron chi connectivity index (χ0n) is 13.6. The fourth-order valence-electron chi connectivity index (χ4n) is 2.52. The Labute approximate surface area is 145 Å². The molecule has 0 aliphatic carbocycles. The van der Waals surface area contributed by atoms with Crippen LogP contribution in [0.1, 0.15) is 17.0 Å². The Balaban J connectivity index is 1.97. The number of rotatable bonds is 5. The molecule has 0 bridgehead atoms. The molecule has 2 aromatic carbocycles. The van der Waals surface area contributed by atoms with Gasteiger partial charge in [-0.2, -0.15) is 10.4 Å². The number of methoxy groups -OCH3 is 1. The third-order valence-electron chi connectivity index (χ3n) is 3.70. The number of aromatic nitrogens is 2. The summed E-state index contributed by atoms with van der Waals surface area (Å²) in [6.07, 6.45) is 0. The lowest BCUT2D eigenvalue weighted by atomic mass is 10.2. The highest BCUT2D eigenvalue weighted by atomic mass is 32.2. The van der Waals surface area contributed by atoms with Crippen molar-refractivity contribution in [1.29, 1.82) is 5.26 Å². The van der Waals surface area contributed by atoms with E-state index in [4.69, 9.17) is 4.74 Å². The molecule has 24 heavy (non-hydrogen) atoms. The minimum atomic E-state index is 0.638. The SMILES string of the molecule is COc1ccccc1SCc1c(C#N)c(C)nn1-c1ccccc1.